The van der Waals surface area contributed by atoms with Gasteiger partial charge in [-0.3, -0.25) is 4.79 Å². The summed E-state index contributed by atoms with van der Waals surface area (Å²) in [6.45, 7) is 4.32. The molecule has 0 radical (unpaired) electrons. The van der Waals surface area contributed by atoms with Gasteiger partial charge in [0.15, 0.2) is 0 Å². The number of likely N-dealkylation sites (tertiary alicyclic amines) is 1. The molecule has 1 amide bonds. The third kappa shape index (κ3) is 4.31. The highest BCUT2D eigenvalue weighted by Gasteiger charge is 2.28. The molecule has 1 aliphatic heterocycles. The predicted octanol–water partition coefficient (Wildman–Crippen LogP) is 5.79. The number of carbonyl (C=O) groups is 1. The average Bonchev–Trinajstić information content (AvgIpc) is 2.77. The van der Waals surface area contributed by atoms with Crippen molar-refractivity contribution in [1.29, 1.82) is 0 Å². The number of carbonyl (C=O) groups excluding carboxylic acids is 1. The smallest absolute Gasteiger partial charge is 0.233 e. The Morgan fingerprint density at radius 1 is 1.10 bits per heavy atom. The summed E-state index contributed by atoms with van der Waals surface area (Å²) in [6, 6.07) is 19.0. The van der Waals surface area contributed by atoms with E-state index in [4.69, 9.17) is 9.72 Å². The van der Waals surface area contributed by atoms with Crippen molar-refractivity contribution in [2.24, 2.45) is 0 Å². The first-order chi connectivity index (χ1) is 14.6. The maximum atomic E-state index is 13.0. The van der Waals surface area contributed by atoms with Gasteiger partial charge in [0.1, 0.15) is 5.75 Å². The van der Waals surface area contributed by atoms with Gasteiger partial charge in [-0.15, -0.1) is 0 Å². The van der Waals surface area contributed by atoms with Crippen LogP contribution in [0.1, 0.15) is 33.1 Å². The summed E-state index contributed by atoms with van der Waals surface area (Å²) in [4.78, 5) is 19.9. The van der Waals surface area contributed by atoms with Crippen LogP contribution in [-0.2, 0) is 4.79 Å². The van der Waals surface area contributed by atoms with Crippen LogP contribution < -0.4 is 4.74 Å². The molecular formula is C25H28N2O2S. The Morgan fingerprint density at radius 2 is 1.83 bits per heavy atom. The summed E-state index contributed by atoms with van der Waals surface area (Å²) in [7, 11) is 1.66. The number of ether oxygens (including phenoxy) is 1. The predicted molar refractivity (Wildman–Crippen MR) is 124 cm³/mol. The highest BCUT2D eigenvalue weighted by Crippen LogP contribution is 2.34. The van der Waals surface area contributed by atoms with Gasteiger partial charge in [-0.05, 0) is 62.4 Å². The molecule has 5 heteroatoms. The van der Waals surface area contributed by atoms with E-state index in [-0.39, 0.29) is 5.91 Å². The van der Waals surface area contributed by atoms with Gasteiger partial charge in [-0.1, -0.05) is 42.1 Å². The van der Waals surface area contributed by atoms with Gasteiger partial charge < -0.3 is 9.64 Å². The number of piperidine rings is 1. The summed E-state index contributed by atoms with van der Waals surface area (Å²) >= 11 is 1.52. The summed E-state index contributed by atoms with van der Waals surface area (Å²) in [5.74, 6) is 1.39. The molecule has 0 spiro atoms. The number of methoxy groups -OCH3 is 1. The molecule has 0 N–H and O–H groups in total. The number of hydrogen-bond donors (Lipinski definition) is 0. The summed E-state index contributed by atoms with van der Waals surface area (Å²) < 4.78 is 5.40. The minimum absolute atomic E-state index is 0.202. The molecule has 1 aliphatic rings. The Labute approximate surface area is 182 Å². The molecular weight excluding hydrogens is 392 g/mol. The number of benzene rings is 2. The molecule has 1 fully saturated rings. The van der Waals surface area contributed by atoms with Crippen LogP contribution in [0.2, 0.25) is 0 Å². The molecule has 2 heterocycles. The van der Waals surface area contributed by atoms with Crippen LogP contribution >= 0.6 is 11.8 Å². The number of fused-ring (bicyclic) bond motifs is 1. The van der Waals surface area contributed by atoms with E-state index in [1.807, 2.05) is 30.3 Å². The van der Waals surface area contributed by atoms with E-state index in [9.17, 15) is 4.79 Å². The molecule has 2 atom stereocenters. The lowest BCUT2D eigenvalue weighted by atomic mass is 9.98. The lowest BCUT2D eigenvalue weighted by Crippen LogP contribution is -2.48. The molecule has 0 saturated carbocycles. The Kier molecular flexibility index (Phi) is 6.28. The molecule has 156 valence electrons. The van der Waals surface area contributed by atoms with Crippen molar-refractivity contribution in [3.05, 3.63) is 54.6 Å². The van der Waals surface area contributed by atoms with Gasteiger partial charge in [0.05, 0.1) is 23.4 Å². The average molecular weight is 421 g/mol. The molecule has 2 aromatic carbocycles. The third-order valence-electron chi connectivity index (χ3n) is 5.90. The zero-order valence-corrected chi connectivity index (χ0v) is 18.6. The topological polar surface area (TPSA) is 42.4 Å². The zero-order valence-electron chi connectivity index (χ0n) is 17.8. The van der Waals surface area contributed by atoms with Crippen LogP contribution in [0.25, 0.3) is 22.0 Å². The minimum Gasteiger partial charge on any atom is -0.497 e. The fraction of sp³-hybridized carbons (Fsp3) is 0.360. The Morgan fingerprint density at radius 3 is 2.53 bits per heavy atom. The fourth-order valence-electron chi connectivity index (χ4n) is 4.36. The first-order valence-electron chi connectivity index (χ1n) is 10.5. The van der Waals surface area contributed by atoms with Crippen molar-refractivity contribution in [3.8, 4) is 16.9 Å². The van der Waals surface area contributed by atoms with Gasteiger partial charge in [0.2, 0.25) is 5.91 Å². The van der Waals surface area contributed by atoms with Crippen molar-refractivity contribution in [1.82, 2.24) is 9.88 Å². The number of pyridine rings is 1. The third-order valence-corrected chi connectivity index (χ3v) is 6.80. The van der Waals surface area contributed by atoms with Crippen LogP contribution in [0.4, 0.5) is 0 Å². The van der Waals surface area contributed by atoms with Crippen molar-refractivity contribution in [3.63, 3.8) is 0 Å². The van der Waals surface area contributed by atoms with Gasteiger partial charge in [0, 0.05) is 23.5 Å². The lowest BCUT2D eigenvalue weighted by Gasteiger charge is -2.39. The standard InChI is InChI=1S/C25H28N2O2S/c1-17-8-7-9-18(2)27(17)25(28)16-30-24-15-22(19-10-5-4-6-11-19)21-13-12-20(29-3)14-23(21)26-24/h4-6,10-15,17-18H,7-9,16H2,1-3H3/t17-,18-/m0/s1. The largest absolute Gasteiger partial charge is 0.497 e. The van der Waals surface area contributed by atoms with E-state index in [1.54, 1.807) is 7.11 Å². The minimum atomic E-state index is 0.202. The van der Waals surface area contributed by atoms with Crippen molar-refractivity contribution < 1.29 is 9.53 Å². The Balaban J connectivity index is 1.64. The number of thioether (sulfide) groups is 1. The second-order valence-corrected chi connectivity index (χ2v) is 8.97. The van der Waals surface area contributed by atoms with Crippen LogP contribution in [0.15, 0.2) is 59.6 Å². The lowest BCUT2D eigenvalue weighted by molar-refractivity contribution is -0.134. The molecule has 0 bridgehead atoms. The van der Waals surface area contributed by atoms with Gasteiger partial charge in [0.25, 0.3) is 0 Å². The Hall–Kier alpha value is -2.53. The number of nitrogens with zero attached hydrogens (tertiary/aromatic N) is 2. The molecule has 4 nitrogen and oxygen atoms in total. The summed E-state index contributed by atoms with van der Waals surface area (Å²) in [6.07, 6.45) is 3.38. The molecule has 30 heavy (non-hydrogen) atoms. The second kappa shape index (κ2) is 9.09. The van der Waals surface area contributed by atoms with E-state index in [0.29, 0.717) is 17.8 Å². The highest BCUT2D eigenvalue weighted by atomic mass is 32.2. The SMILES string of the molecule is COc1ccc2c(-c3ccccc3)cc(SCC(=O)N3[C@@H](C)CCC[C@@H]3C)nc2c1. The second-order valence-electron chi connectivity index (χ2n) is 7.98. The highest BCUT2D eigenvalue weighted by molar-refractivity contribution is 7.99. The maximum absolute atomic E-state index is 13.0. The van der Waals surface area contributed by atoms with E-state index < -0.39 is 0 Å². The van der Waals surface area contributed by atoms with Crippen LogP contribution in [-0.4, -0.2) is 40.7 Å². The quantitative estimate of drug-likeness (QED) is 0.490. The molecule has 4 rings (SSSR count). The van der Waals surface area contributed by atoms with E-state index in [1.165, 1.54) is 18.2 Å². The summed E-state index contributed by atoms with van der Waals surface area (Å²) in [5, 5.41) is 1.94. The van der Waals surface area contributed by atoms with E-state index in [0.717, 1.165) is 45.6 Å². The maximum Gasteiger partial charge on any atom is 0.233 e. The van der Waals surface area contributed by atoms with Gasteiger partial charge in [-0.25, -0.2) is 4.98 Å². The number of hydrogen-bond acceptors (Lipinski definition) is 4. The number of amides is 1. The molecule has 1 aromatic heterocycles. The fourth-order valence-corrected chi connectivity index (χ4v) is 5.15. The molecule has 3 aromatic rings. The van der Waals surface area contributed by atoms with Gasteiger partial charge in [-0.2, -0.15) is 0 Å². The molecule has 1 saturated heterocycles. The summed E-state index contributed by atoms with van der Waals surface area (Å²) in [5.41, 5.74) is 3.14. The Bertz CT molecular complexity index is 1030. The normalized spacial score (nSPS) is 19.1. The van der Waals surface area contributed by atoms with Crippen molar-refractivity contribution in [2.45, 2.75) is 50.2 Å². The van der Waals surface area contributed by atoms with E-state index in [2.05, 4.69) is 43.0 Å². The van der Waals surface area contributed by atoms with Crippen LogP contribution in [0.3, 0.4) is 0 Å². The van der Waals surface area contributed by atoms with Crippen molar-refractivity contribution in [2.75, 3.05) is 12.9 Å². The van der Waals surface area contributed by atoms with Crippen LogP contribution in [0, 0.1) is 0 Å². The number of rotatable bonds is 5. The molecule has 0 aliphatic carbocycles. The zero-order chi connectivity index (χ0) is 21.1. The van der Waals surface area contributed by atoms with Crippen molar-refractivity contribution >= 4 is 28.6 Å². The first-order valence-corrected chi connectivity index (χ1v) is 11.5. The number of aromatic nitrogens is 1. The molecule has 0 unspecified atom stereocenters. The van der Waals surface area contributed by atoms with Gasteiger partial charge >= 0.3 is 0 Å². The van der Waals surface area contributed by atoms with E-state index >= 15 is 0 Å². The first kappa shape index (κ1) is 20.7. The monoisotopic (exact) mass is 420 g/mol. The van der Waals surface area contributed by atoms with Crippen LogP contribution in [0.5, 0.6) is 5.75 Å².